The Morgan fingerprint density at radius 3 is 2.52 bits per heavy atom. The number of benzene rings is 1. The van der Waals surface area contributed by atoms with Crippen molar-refractivity contribution in [3.63, 3.8) is 0 Å². The van der Waals surface area contributed by atoms with E-state index in [1.54, 1.807) is 0 Å². The highest BCUT2D eigenvalue weighted by atomic mass is 35.5. The monoisotopic (exact) mass is 310 g/mol. The van der Waals surface area contributed by atoms with Crippen molar-refractivity contribution in [1.82, 2.24) is 10.2 Å². The third-order valence-corrected chi connectivity index (χ3v) is 3.85. The van der Waals surface area contributed by atoms with Gasteiger partial charge in [0.2, 0.25) is 0 Å². The van der Waals surface area contributed by atoms with E-state index in [9.17, 15) is 0 Å². The van der Waals surface area contributed by atoms with Crippen LogP contribution in [-0.2, 0) is 0 Å². The molecule has 1 atom stereocenters. The first-order valence-electron chi connectivity index (χ1n) is 7.66. The lowest BCUT2D eigenvalue weighted by atomic mass is 10.1. The predicted octanol–water partition coefficient (Wildman–Crippen LogP) is 3.04. The Morgan fingerprint density at radius 1 is 1.29 bits per heavy atom. The van der Waals surface area contributed by atoms with Crippen molar-refractivity contribution in [3.8, 4) is 0 Å². The average Bonchev–Trinajstić information content (AvgIpc) is 2.50. The van der Waals surface area contributed by atoms with Crippen molar-refractivity contribution in [2.24, 2.45) is 10.7 Å². The van der Waals surface area contributed by atoms with Crippen LogP contribution >= 0.6 is 11.6 Å². The number of aliphatic imine (C=N–C) groups is 1. The molecule has 1 rings (SSSR count). The summed E-state index contributed by atoms with van der Waals surface area (Å²) in [5.74, 6) is 0.501. The molecule has 21 heavy (non-hydrogen) atoms. The van der Waals surface area contributed by atoms with Crippen LogP contribution in [0.1, 0.15) is 38.8 Å². The Balaban J connectivity index is 2.91. The summed E-state index contributed by atoms with van der Waals surface area (Å²) in [7, 11) is 0. The van der Waals surface area contributed by atoms with Crippen molar-refractivity contribution in [2.45, 2.75) is 33.2 Å². The molecule has 0 aliphatic rings. The first-order valence-corrected chi connectivity index (χ1v) is 8.04. The number of guanidine groups is 1. The zero-order valence-electron chi connectivity index (χ0n) is 13.3. The Labute approximate surface area is 133 Å². The molecule has 0 fully saturated rings. The number of nitrogens with zero attached hydrogens (tertiary/aromatic N) is 2. The van der Waals surface area contributed by atoms with Gasteiger partial charge in [-0.3, -0.25) is 9.89 Å². The number of nitrogens with one attached hydrogen (secondary N) is 1. The lowest BCUT2D eigenvalue weighted by molar-refractivity contribution is 0.224. The van der Waals surface area contributed by atoms with Crippen LogP contribution in [0.25, 0.3) is 0 Å². The molecule has 0 saturated carbocycles. The molecule has 1 unspecified atom stereocenters. The molecule has 0 amide bonds. The molecule has 0 radical (unpaired) electrons. The third-order valence-electron chi connectivity index (χ3n) is 3.51. The number of hydrogen-bond acceptors (Lipinski definition) is 2. The van der Waals surface area contributed by atoms with Crippen LogP contribution in [0.2, 0.25) is 5.02 Å². The summed E-state index contributed by atoms with van der Waals surface area (Å²) in [6, 6.07) is 8.11. The third kappa shape index (κ3) is 5.56. The van der Waals surface area contributed by atoms with Crippen LogP contribution in [-0.4, -0.2) is 37.0 Å². The molecule has 0 bridgehead atoms. The maximum absolute atomic E-state index is 6.35. The molecule has 0 spiro atoms. The van der Waals surface area contributed by atoms with E-state index >= 15 is 0 Å². The second-order valence-corrected chi connectivity index (χ2v) is 5.32. The quantitative estimate of drug-likeness (QED) is 0.573. The minimum atomic E-state index is 0.149. The highest BCUT2D eigenvalue weighted by Crippen LogP contribution is 2.27. The fourth-order valence-electron chi connectivity index (χ4n) is 2.31. The van der Waals surface area contributed by atoms with E-state index in [-0.39, 0.29) is 6.04 Å². The van der Waals surface area contributed by atoms with Gasteiger partial charge in [-0.25, -0.2) is 0 Å². The number of nitrogens with two attached hydrogens (primary N) is 1. The van der Waals surface area contributed by atoms with Crippen molar-refractivity contribution in [2.75, 3.05) is 26.2 Å². The molecule has 0 saturated heterocycles. The molecule has 118 valence electrons. The van der Waals surface area contributed by atoms with Gasteiger partial charge in [0.25, 0.3) is 0 Å². The van der Waals surface area contributed by atoms with Crippen molar-refractivity contribution >= 4 is 17.6 Å². The lowest BCUT2D eigenvalue weighted by Gasteiger charge is -2.29. The fraction of sp³-hybridized carbons (Fsp3) is 0.562. The Kier molecular flexibility index (Phi) is 8.16. The second-order valence-electron chi connectivity index (χ2n) is 4.91. The van der Waals surface area contributed by atoms with Gasteiger partial charge >= 0.3 is 0 Å². The minimum absolute atomic E-state index is 0.149. The largest absolute Gasteiger partial charge is 0.370 e. The molecule has 1 aromatic carbocycles. The standard InChI is InChI=1S/C16H27ClN4/c1-4-11-19-16(18)20-12-15(21(5-2)6-3)13-9-7-8-10-14(13)17/h7-10,15H,4-6,11-12H2,1-3H3,(H3,18,19,20). The van der Waals surface area contributed by atoms with Crippen molar-refractivity contribution in [1.29, 1.82) is 0 Å². The average molecular weight is 311 g/mol. The van der Waals surface area contributed by atoms with Gasteiger partial charge in [0.1, 0.15) is 0 Å². The molecule has 0 aliphatic heterocycles. The summed E-state index contributed by atoms with van der Waals surface area (Å²) < 4.78 is 0. The highest BCUT2D eigenvalue weighted by Gasteiger charge is 2.19. The summed E-state index contributed by atoms with van der Waals surface area (Å²) in [6.45, 7) is 9.74. The first kappa shape index (κ1) is 17.8. The van der Waals surface area contributed by atoms with Gasteiger partial charge < -0.3 is 11.1 Å². The zero-order valence-corrected chi connectivity index (χ0v) is 14.0. The van der Waals surface area contributed by atoms with Crippen LogP contribution in [0, 0.1) is 0 Å². The van der Waals surface area contributed by atoms with Crippen LogP contribution in [0.5, 0.6) is 0 Å². The predicted molar refractivity (Wildman–Crippen MR) is 91.9 cm³/mol. The smallest absolute Gasteiger partial charge is 0.188 e. The number of halogens is 1. The van der Waals surface area contributed by atoms with E-state index < -0.39 is 0 Å². The number of likely N-dealkylation sites (N-methyl/N-ethyl adjacent to an activating group) is 1. The molecule has 0 aromatic heterocycles. The van der Waals surface area contributed by atoms with Crippen LogP contribution in [0.4, 0.5) is 0 Å². The van der Waals surface area contributed by atoms with Gasteiger partial charge in [-0.1, -0.05) is 50.6 Å². The summed E-state index contributed by atoms with van der Waals surface area (Å²) in [4.78, 5) is 6.82. The number of rotatable bonds is 8. The zero-order chi connectivity index (χ0) is 15.7. The minimum Gasteiger partial charge on any atom is -0.370 e. The first-order chi connectivity index (χ1) is 10.1. The van der Waals surface area contributed by atoms with Crippen molar-refractivity contribution in [3.05, 3.63) is 34.9 Å². The van der Waals surface area contributed by atoms with Gasteiger partial charge in [0, 0.05) is 11.6 Å². The van der Waals surface area contributed by atoms with E-state index in [2.05, 4.69) is 42.0 Å². The normalized spacial score (nSPS) is 13.5. The van der Waals surface area contributed by atoms with E-state index in [0.29, 0.717) is 12.5 Å². The molecule has 3 N–H and O–H groups in total. The van der Waals surface area contributed by atoms with Gasteiger partial charge in [-0.15, -0.1) is 0 Å². The maximum atomic E-state index is 6.35. The summed E-state index contributed by atoms with van der Waals surface area (Å²) >= 11 is 6.35. The number of hydrogen-bond donors (Lipinski definition) is 2. The second kappa shape index (κ2) is 9.64. The Morgan fingerprint density at radius 2 is 1.95 bits per heavy atom. The van der Waals surface area contributed by atoms with Gasteiger partial charge in [-0.2, -0.15) is 0 Å². The molecule has 5 heteroatoms. The molecule has 4 nitrogen and oxygen atoms in total. The van der Waals surface area contributed by atoms with Crippen molar-refractivity contribution < 1.29 is 0 Å². The summed E-state index contributed by atoms with van der Waals surface area (Å²) in [5.41, 5.74) is 7.00. The SMILES string of the molecule is CCCNC(N)=NCC(c1ccccc1Cl)N(CC)CC. The Bertz CT molecular complexity index is 444. The summed E-state index contributed by atoms with van der Waals surface area (Å²) in [6.07, 6.45) is 1.03. The molecule has 1 aromatic rings. The van der Waals surface area contributed by atoms with E-state index in [1.807, 2.05) is 18.2 Å². The fourth-order valence-corrected chi connectivity index (χ4v) is 2.58. The van der Waals surface area contributed by atoms with E-state index in [4.69, 9.17) is 17.3 Å². The highest BCUT2D eigenvalue weighted by molar-refractivity contribution is 6.31. The summed E-state index contributed by atoms with van der Waals surface area (Å²) in [5, 5.41) is 3.89. The molecule has 0 aliphatic carbocycles. The van der Waals surface area contributed by atoms with Gasteiger partial charge in [-0.05, 0) is 31.1 Å². The molecular formula is C16H27ClN4. The van der Waals surface area contributed by atoms with E-state index in [1.165, 1.54) is 0 Å². The van der Waals surface area contributed by atoms with Crippen LogP contribution in [0.3, 0.4) is 0 Å². The topological polar surface area (TPSA) is 53.6 Å². The molecule has 0 heterocycles. The molecular weight excluding hydrogens is 284 g/mol. The van der Waals surface area contributed by atoms with E-state index in [0.717, 1.165) is 36.6 Å². The van der Waals surface area contributed by atoms with Crippen LogP contribution < -0.4 is 11.1 Å². The van der Waals surface area contributed by atoms with Gasteiger partial charge in [0.15, 0.2) is 5.96 Å². The van der Waals surface area contributed by atoms with Gasteiger partial charge in [0.05, 0.1) is 12.6 Å². The lowest BCUT2D eigenvalue weighted by Crippen LogP contribution is -2.35. The Hall–Kier alpha value is -1.26. The maximum Gasteiger partial charge on any atom is 0.188 e. The van der Waals surface area contributed by atoms with Crippen LogP contribution in [0.15, 0.2) is 29.3 Å².